The van der Waals surface area contributed by atoms with E-state index in [2.05, 4.69) is 22.3 Å². The Hall–Kier alpha value is -3.22. The third-order valence-electron chi connectivity index (χ3n) is 3.82. The summed E-state index contributed by atoms with van der Waals surface area (Å²) in [5.41, 5.74) is 1.15. The van der Waals surface area contributed by atoms with Crippen molar-refractivity contribution in [1.82, 2.24) is 10.6 Å². The van der Waals surface area contributed by atoms with Crippen molar-refractivity contribution in [3.05, 3.63) is 52.9 Å². The van der Waals surface area contributed by atoms with Crippen molar-refractivity contribution in [1.29, 1.82) is 0 Å². The van der Waals surface area contributed by atoms with Gasteiger partial charge in [-0.05, 0) is 65.6 Å². The highest BCUT2D eigenvalue weighted by Crippen LogP contribution is 2.21. The highest BCUT2D eigenvalue weighted by atomic mass is 16.5. The summed E-state index contributed by atoms with van der Waals surface area (Å²) in [5, 5.41) is 5.53. The molecule has 0 aliphatic carbocycles. The molecule has 0 heterocycles. The molecule has 0 unspecified atom stereocenters. The fourth-order valence-corrected chi connectivity index (χ4v) is 2.44. The molecule has 1 aromatic carbocycles. The number of nitrogens with one attached hydrogen (secondary N) is 2. The lowest BCUT2D eigenvalue weighted by Crippen LogP contribution is -2.41. The number of aliphatic imine (C=N–C) groups is 1. The Bertz CT molecular complexity index is 861. The fourth-order valence-electron chi connectivity index (χ4n) is 2.44. The van der Waals surface area contributed by atoms with E-state index in [4.69, 9.17) is 4.74 Å². The van der Waals surface area contributed by atoms with Crippen LogP contribution in [0.2, 0.25) is 0 Å². The molecule has 0 spiro atoms. The van der Waals surface area contributed by atoms with E-state index in [0.717, 1.165) is 0 Å². The first-order valence-corrected chi connectivity index (χ1v) is 9.15. The molecule has 0 bridgehead atoms. The first-order valence-electron chi connectivity index (χ1n) is 9.15. The summed E-state index contributed by atoms with van der Waals surface area (Å²) in [7, 11) is 1.50. The van der Waals surface area contributed by atoms with Crippen molar-refractivity contribution < 1.29 is 19.1 Å². The van der Waals surface area contributed by atoms with Crippen LogP contribution in [0.25, 0.3) is 0 Å². The molecule has 2 N–H and O–H groups in total. The molecule has 0 saturated heterocycles. The fraction of sp³-hybridized carbons (Fsp3) is 0.364. The van der Waals surface area contributed by atoms with E-state index in [1.54, 1.807) is 31.2 Å². The molecule has 0 radical (unpaired) electrons. The molecule has 1 rings (SSSR count). The minimum Gasteiger partial charge on any atom is -0.496 e. The number of benzene rings is 1. The number of hydrogen-bond donors (Lipinski definition) is 2. The lowest BCUT2D eigenvalue weighted by atomic mass is 10.0. The molecule has 0 saturated carbocycles. The second kappa shape index (κ2) is 10.4. The maximum Gasteiger partial charge on any atom is 0.270 e. The van der Waals surface area contributed by atoms with E-state index in [9.17, 15) is 14.4 Å². The zero-order valence-corrected chi connectivity index (χ0v) is 17.9. The van der Waals surface area contributed by atoms with E-state index < -0.39 is 11.4 Å². The van der Waals surface area contributed by atoms with E-state index in [1.807, 2.05) is 20.8 Å². The van der Waals surface area contributed by atoms with Gasteiger partial charge in [-0.15, -0.1) is 0 Å². The second-order valence-electron chi connectivity index (χ2n) is 7.44. The molecule has 29 heavy (non-hydrogen) atoms. The Balaban J connectivity index is 2.99. The SMILES string of the molecule is C=N/C(=C\C(=C/C)NC(=O)Cc1cc(C(C)=O)ccc1OC)C(=O)NC(C)(C)C. The average Bonchev–Trinajstić information content (AvgIpc) is 2.63. The average molecular weight is 399 g/mol. The van der Waals surface area contributed by atoms with Crippen LogP contribution >= 0.6 is 0 Å². The van der Waals surface area contributed by atoms with Gasteiger partial charge >= 0.3 is 0 Å². The van der Waals surface area contributed by atoms with Crippen LogP contribution in [0.1, 0.15) is 50.5 Å². The molecule has 2 amide bonds. The number of carbonyl (C=O) groups is 3. The van der Waals surface area contributed by atoms with Crippen molar-refractivity contribution in [2.75, 3.05) is 7.11 Å². The van der Waals surface area contributed by atoms with Crippen molar-refractivity contribution in [3.8, 4) is 5.75 Å². The Labute approximate surface area is 171 Å². The Kier molecular flexibility index (Phi) is 8.51. The predicted molar refractivity (Wildman–Crippen MR) is 114 cm³/mol. The molecule has 0 fully saturated rings. The van der Waals surface area contributed by atoms with E-state index >= 15 is 0 Å². The molecular formula is C22H29N3O4. The molecular weight excluding hydrogens is 370 g/mol. The van der Waals surface area contributed by atoms with Crippen LogP contribution < -0.4 is 15.4 Å². The van der Waals surface area contributed by atoms with Crippen LogP contribution in [-0.2, 0) is 16.0 Å². The summed E-state index contributed by atoms with van der Waals surface area (Å²) in [5.74, 6) is -0.302. The van der Waals surface area contributed by atoms with Gasteiger partial charge in [0.05, 0.1) is 13.5 Å². The van der Waals surface area contributed by atoms with Crippen LogP contribution in [0.5, 0.6) is 5.75 Å². The lowest BCUT2D eigenvalue weighted by Gasteiger charge is -2.20. The summed E-state index contributed by atoms with van der Waals surface area (Å²) in [6, 6.07) is 4.95. The van der Waals surface area contributed by atoms with Gasteiger partial charge in [0.1, 0.15) is 11.4 Å². The maximum absolute atomic E-state index is 12.5. The van der Waals surface area contributed by atoms with Gasteiger partial charge in [0.2, 0.25) is 5.91 Å². The normalized spacial score (nSPS) is 12.2. The third-order valence-corrected chi connectivity index (χ3v) is 3.82. The summed E-state index contributed by atoms with van der Waals surface area (Å²) < 4.78 is 5.28. The van der Waals surface area contributed by atoms with Crippen LogP contribution in [0.3, 0.4) is 0 Å². The van der Waals surface area contributed by atoms with Crippen molar-refractivity contribution in [3.63, 3.8) is 0 Å². The predicted octanol–water partition coefficient (Wildman–Crippen LogP) is 2.96. The van der Waals surface area contributed by atoms with Crippen molar-refractivity contribution >= 4 is 24.3 Å². The summed E-state index contributed by atoms with van der Waals surface area (Å²) in [6.07, 6.45) is 3.10. The zero-order chi connectivity index (χ0) is 22.2. The standard InChI is InChI=1S/C22H29N3O4/c1-8-17(13-18(23-6)21(28)25-22(3,4)5)24-20(27)12-16-11-15(14(2)26)9-10-19(16)29-7/h8-11,13H,6,12H2,1-5,7H3,(H,24,27)(H,25,28)/b17-8+,18-13-. The quantitative estimate of drug-likeness (QED) is 0.304. The van der Waals surface area contributed by atoms with Gasteiger partial charge < -0.3 is 15.4 Å². The first kappa shape index (κ1) is 23.8. The highest BCUT2D eigenvalue weighted by Gasteiger charge is 2.17. The number of methoxy groups -OCH3 is 1. The van der Waals surface area contributed by atoms with Gasteiger partial charge in [0.15, 0.2) is 5.78 Å². The molecule has 7 nitrogen and oxygen atoms in total. The molecule has 156 valence electrons. The molecule has 7 heteroatoms. The van der Waals surface area contributed by atoms with E-state index in [1.165, 1.54) is 20.1 Å². The topological polar surface area (TPSA) is 96.9 Å². The number of hydrogen-bond acceptors (Lipinski definition) is 5. The van der Waals surface area contributed by atoms with Crippen LogP contribution in [0.15, 0.2) is 46.7 Å². The second-order valence-corrected chi connectivity index (χ2v) is 7.44. The van der Waals surface area contributed by atoms with Gasteiger partial charge in [-0.1, -0.05) is 6.08 Å². The smallest absolute Gasteiger partial charge is 0.270 e. The minimum atomic E-state index is -0.432. The van der Waals surface area contributed by atoms with E-state index in [-0.39, 0.29) is 23.8 Å². The molecule has 0 aromatic heterocycles. The number of rotatable bonds is 8. The van der Waals surface area contributed by atoms with Crippen molar-refractivity contribution in [2.45, 2.75) is 46.6 Å². The summed E-state index contributed by atoms with van der Waals surface area (Å²) >= 11 is 0. The largest absolute Gasteiger partial charge is 0.496 e. The lowest BCUT2D eigenvalue weighted by molar-refractivity contribution is -0.120. The summed E-state index contributed by atoms with van der Waals surface area (Å²) in [6.45, 7) is 12.2. The maximum atomic E-state index is 12.5. The van der Waals surface area contributed by atoms with Gasteiger partial charge in [-0.3, -0.25) is 19.4 Å². The van der Waals surface area contributed by atoms with Gasteiger partial charge in [0.25, 0.3) is 5.91 Å². The van der Waals surface area contributed by atoms with Gasteiger partial charge in [-0.2, -0.15) is 0 Å². The van der Waals surface area contributed by atoms with Gasteiger partial charge in [0, 0.05) is 22.4 Å². The number of nitrogens with zero attached hydrogens (tertiary/aromatic N) is 1. The zero-order valence-electron chi connectivity index (χ0n) is 17.9. The Morgan fingerprint density at radius 3 is 2.38 bits per heavy atom. The third kappa shape index (κ3) is 7.73. The first-order chi connectivity index (χ1) is 13.5. The molecule has 0 aliphatic rings. The van der Waals surface area contributed by atoms with Crippen LogP contribution in [0, 0.1) is 0 Å². The number of amides is 2. The Morgan fingerprint density at radius 1 is 1.24 bits per heavy atom. The minimum absolute atomic E-state index is 0.000508. The highest BCUT2D eigenvalue weighted by molar-refractivity contribution is 5.95. The monoisotopic (exact) mass is 399 g/mol. The van der Waals surface area contributed by atoms with Gasteiger partial charge in [-0.25, -0.2) is 0 Å². The number of carbonyl (C=O) groups excluding carboxylic acids is 3. The molecule has 0 atom stereocenters. The number of ketones is 1. The molecule has 0 aliphatic heterocycles. The van der Waals surface area contributed by atoms with E-state index in [0.29, 0.717) is 22.6 Å². The van der Waals surface area contributed by atoms with Crippen LogP contribution in [-0.4, -0.2) is 37.0 Å². The Morgan fingerprint density at radius 2 is 1.90 bits per heavy atom. The van der Waals surface area contributed by atoms with Crippen molar-refractivity contribution in [2.24, 2.45) is 4.99 Å². The number of allylic oxidation sites excluding steroid dienone is 2. The number of Topliss-reactive ketones (excluding diaryl/α,β-unsaturated/α-hetero) is 1. The molecule has 1 aromatic rings. The summed E-state index contributed by atoms with van der Waals surface area (Å²) in [4.78, 5) is 40.2. The van der Waals surface area contributed by atoms with Crippen LogP contribution in [0.4, 0.5) is 0 Å². The number of ether oxygens (including phenoxy) is 1.